The summed E-state index contributed by atoms with van der Waals surface area (Å²) in [6.45, 7) is 7.39. The molecule has 3 fully saturated rings. The highest BCUT2D eigenvalue weighted by Crippen LogP contribution is 2.47. The van der Waals surface area contributed by atoms with Crippen molar-refractivity contribution in [3.63, 3.8) is 0 Å². The number of carbonyl (C=O) groups excluding carboxylic acids is 2. The highest BCUT2D eigenvalue weighted by atomic mass is 19.3. The number of halogens is 2. The molecule has 1 atom stereocenters. The third kappa shape index (κ3) is 3.39. The molecule has 1 spiro atoms. The summed E-state index contributed by atoms with van der Waals surface area (Å²) in [6, 6.07) is 0. The quantitative estimate of drug-likeness (QED) is 0.757. The molecule has 3 rings (SSSR count). The molecule has 1 saturated carbocycles. The SMILES string of the molecule is CCOCC1C(=O)N(CC)CC12CCN(C(=O)C1CC(F)(F)C1)CC2. The summed E-state index contributed by atoms with van der Waals surface area (Å²) in [7, 11) is 0. The number of amides is 2. The Labute approximate surface area is 147 Å². The van der Waals surface area contributed by atoms with Crippen molar-refractivity contribution in [1.82, 2.24) is 9.80 Å². The first kappa shape index (κ1) is 18.5. The zero-order valence-electron chi connectivity index (χ0n) is 15.1. The smallest absolute Gasteiger partial charge is 0.249 e. The number of alkyl halides is 2. The standard InChI is InChI=1S/C18H28F2N2O3/c1-3-21-12-17(14(16(21)24)11-25-4-2)5-7-22(8-6-17)15(23)13-9-18(19,20)10-13/h13-14H,3-12H2,1-2H3. The summed E-state index contributed by atoms with van der Waals surface area (Å²) in [5.41, 5.74) is -0.150. The van der Waals surface area contributed by atoms with Crippen molar-refractivity contribution >= 4 is 11.8 Å². The van der Waals surface area contributed by atoms with Crippen molar-refractivity contribution in [1.29, 1.82) is 0 Å². The summed E-state index contributed by atoms with van der Waals surface area (Å²) in [4.78, 5) is 28.7. The van der Waals surface area contributed by atoms with Crippen molar-refractivity contribution in [3.05, 3.63) is 0 Å². The molecule has 3 aliphatic rings. The van der Waals surface area contributed by atoms with Gasteiger partial charge in [-0.1, -0.05) is 0 Å². The molecule has 0 aromatic heterocycles. The van der Waals surface area contributed by atoms with Gasteiger partial charge in [-0.25, -0.2) is 8.78 Å². The van der Waals surface area contributed by atoms with Crippen LogP contribution in [0, 0.1) is 17.3 Å². The molecule has 0 aromatic rings. The Balaban J connectivity index is 1.62. The second kappa shape index (κ2) is 6.82. The maximum Gasteiger partial charge on any atom is 0.249 e. The van der Waals surface area contributed by atoms with Crippen molar-refractivity contribution in [2.75, 3.05) is 39.4 Å². The van der Waals surface area contributed by atoms with Crippen molar-refractivity contribution < 1.29 is 23.1 Å². The Bertz CT molecular complexity index is 524. The molecule has 142 valence electrons. The van der Waals surface area contributed by atoms with E-state index in [1.807, 2.05) is 18.7 Å². The first-order valence-corrected chi connectivity index (χ1v) is 9.35. The number of hydrogen-bond donors (Lipinski definition) is 0. The van der Waals surface area contributed by atoms with Gasteiger partial charge in [-0.2, -0.15) is 0 Å². The summed E-state index contributed by atoms with van der Waals surface area (Å²) >= 11 is 0. The van der Waals surface area contributed by atoms with E-state index >= 15 is 0 Å². The topological polar surface area (TPSA) is 49.9 Å². The van der Waals surface area contributed by atoms with E-state index in [4.69, 9.17) is 4.74 Å². The van der Waals surface area contributed by atoms with Crippen LogP contribution in [-0.2, 0) is 14.3 Å². The summed E-state index contributed by atoms with van der Waals surface area (Å²) in [5.74, 6) is -3.34. The minimum Gasteiger partial charge on any atom is -0.381 e. The molecule has 0 aromatic carbocycles. The third-order valence-electron chi connectivity index (χ3n) is 6.24. The Morgan fingerprint density at radius 2 is 1.88 bits per heavy atom. The van der Waals surface area contributed by atoms with Gasteiger partial charge in [0.2, 0.25) is 17.7 Å². The fraction of sp³-hybridized carbons (Fsp3) is 0.889. The molecular weight excluding hydrogens is 330 g/mol. The predicted molar refractivity (Wildman–Crippen MR) is 88.2 cm³/mol. The zero-order valence-corrected chi connectivity index (χ0v) is 15.1. The number of likely N-dealkylation sites (tertiary alicyclic amines) is 2. The van der Waals surface area contributed by atoms with Gasteiger partial charge in [0.1, 0.15) is 0 Å². The molecule has 2 heterocycles. The first-order chi connectivity index (χ1) is 11.8. The Hall–Kier alpha value is -1.24. The molecule has 25 heavy (non-hydrogen) atoms. The second-order valence-electron chi connectivity index (χ2n) is 7.71. The van der Waals surface area contributed by atoms with Crippen LogP contribution in [0.4, 0.5) is 8.78 Å². The Kier molecular flexibility index (Phi) is 5.06. The highest BCUT2D eigenvalue weighted by Gasteiger charge is 2.54. The van der Waals surface area contributed by atoms with E-state index in [1.165, 1.54) is 0 Å². The van der Waals surface area contributed by atoms with Gasteiger partial charge in [0, 0.05) is 57.0 Å². The number of piperidine rings is 1. The predicted octanol–water partition coefficient (Wildman–Crippen LogP) is 2.16. The van der Waals surface area contributed by atoms with E-state index in [-0.39, 0.29) is 36.0 Å². The van der Waals surface area contributed by atoms with Crippen LogP contribution in [0.15, 0.2) is 0 Å². The van der Waals surface area contributed by atoms with Gasteiger partial charge in [-0.15, -0.1) is 0 Å². The van der Waals surface area contributed by atoms with Crippen LogP contribution in [0.3, 0.4) is 0 Å². The van der Waals surface area contributed by atoms with E-state index < -0.39 is 11.8 Å². The minimum absolute atomic E-state index is 0.140. The van der Waals surface area contributed by atoms with E-state index in [9.17, 15) is 18.4 Å². The van der Waals surface area contributed by atoms with Crippen molar-refractivity contribution in [2.45, 2.75) is 45.5 Å². The molecule has 0 bridgehead atoms. The molecule has 0 N–H and O–H groups in total. The van der Waals surface area contributed by atoms with Gasteiger partial charge >= 0.3 is 0 Å². The van der Waals surface area contributed by atoms with Crippen LogP contribution >= 0.6 is 0 Å². The zero-order chi connectivity index (χ0) is 18.2. The molecular formula is C18H28F2N2O3. The lowest BCUT2D eigenvalue weighted by atomic mass is 9.70. The van der Waals surface area contributed by atoms with Crippen LogP contribution in [0.25, 0.3) is 0 Å². The normalized spacial score (nSPS) is 28.5. The van der Waals surface area contributed by atoms with Crippen molar-refractivity contribution in [3.8, 4) is 0 Å². The number of hydrogen-bond acceptors (Lipinski definition) is 3. The average molecular weight is 358 g/mol. The van der Waals surface area contributed by atoms with Gasteiger partial charge < -0.3 is 14.5 Å². The summed E-state index contributed by atoms with van der Waals surface area (Å²) < 4.78 is 31.6. The fourth-order valence-electron chi connectivity index (χ4n) is 4.57. The maximum absolute atomic E-state index is 13.0. The number of ether oxygens (including phenoxy) is 1. The van der Waals surface area contributed by atoms with E-state index in [0.717, 1.165) is 12.8 Å². The average Bonchev–Trinajstić information content (AvgIpc) is 2.82. The van der Waals surface area contributed by atoms with Gasteiger partial charge in [0.05, 0.1) is 12.5 Å². The molecule has 2 saturated heterocycles. The number of carbonyl (C=O) groups is 2. The third-order valence-corrected chi connectivity index (χ3v) is 6.24. The van der Waals surface area contributed by atoms with Gasteiger partial charge in [0.15, 0.2) is 0 Å². The second-order valence-corrected chi connectivity index (χ2v) is 7.71. The van der Waals surface area contributed by atoms with E-state index in [0.29, 0.717) is 39.4 Å². The summed E-state index contributed by atoms with van der Waals surface area (Å²) in [6.07, 6.45) is 0.842. The molecule has 1 aliphatic carbocycles. The van der Waals surface area contributed by atoms with Crippen LogP contribution in [0.2, 0.25) is 0 Å². The molecule has 1 unspecified atom stereocenters. The molecule has 2 amide bonds. The number of rotatable bonds is 5. The molecule has 0 radical (unpaired) electrons. The summed E-state index contributed by atoms with van der Waals surface area (Å²) in [5, 5.41) is 0. The van der Waals surface area contributed by atoms with Crippen LogP contribution in [0.1, 0.15) is 39.5 Å². The minimum atomic E-state index is -2.67. The molecule has 5 nitrogen and oxygen atoms in total. The Morgan fingerprint density at radius 1 is 1.24 bits per heavy atom. The van der Waals surface area contributed by atoms with Crippen LogP contribution < -0.4 is 0 Å². The Morgan fingerprint density at radius 3 is 2.40 bits per heavy atom. The lowest BCUT2D eigenvalue weighted by Crippen LogP contribution is -2.52. The lowest BCUT2D eigenvalue weighted by molar-refractivity contribution is -0.162. The number of nitrogens with zero attached hydrogens (tertiary/aromatic N) is 2. The fourth-order valence-corrected chi connectivity index (χ4v) is 4.57. The molecule has 2 aliphatic heterocycles. The van der Waals surface area contributed by atoms with E-state index in [1.54, 1.807) is 4.90 Å². The van der Waals surface area contributed by atoms with Gasteiger partial charge in [0.25, 0.3) is 0 Å². The van der Waals surface area contributed by atoms with Crippen LogP contribution in [0.5, 0.6) is 0 Å². The van der Waals surface area contributed by atoms with Gasteiger partial charge in [-0.05, 0) is 26.7 Å². The van der Waals surface area contributed by atoms with Crippen molar-refractivity contribution in [2.24, 2.45) is 17.3 Å². The maximum atomic E-state index is 13.0. The molecule has 7 heteroatoms. The lowest BCUT2D eigenvalue weighted by Gasteiger charge is -2.44. The monoisotopic (exact) mass is 358 g/mol. The highest BCUT2D eigenvalue weighted by molar-refractivity contribution is 5.83. The van der Waals surface area contributed by atoms with E-state index in [2.05, 4.69) is 0 Å². The largest absolute Gasteiger partial charge is 0.381 e. The first-order valence-electron chi connectivity index (χ1n) is 9.35. The van der Waals surface area contributed by atoms with Gasteiger partial charge in [-0.3, -0.25) is 9.59 Å². The van der Waals surface area contributed by atoms with Crippen LogP contribution in [-0.4, -0.2) is 66.9 Å².